The van der Waals surface area contributed by atoms with Crippen LogP contribution in [0.4, 0.5) is 4.79 Å². The van der Waals surface area contributed by atoms with Crippen LogP contribution in [0.3, 0.4) is 0 Å². The lowest BCUT2D eigenvalue weighted by Gasteiger charge is -2.34. The largest absolute Gasteiger partial charge is 0.481 e. The van der Waals surface area contributed by atoms with Gasteiger partial charge in [-0.25, -0.2) is 4.79 Å². The molecule has 1 rings (SSSR count). The van der Waals surface area contributed by atoms with Crippen molar-refractivity contribution in [3.8, 4) is 0 Å². The monoisotopic (exact) mass is 285 g/mol. The molecule has 0 aromatic heterocycles. The summed E-state index contributed by atoms with van der Waals surface area (Å²) in [5.74, 6) is -0.794. The molecule has 1 aliphatic heterocycles. The number of carbonyl (C=O) groups is 2. The van der Waals surface area contributed by atoms with Gasteiger partial charge in [0.15, 0.2) is 0 Å². The molecule has 0 bridgehead atoms. The van der Waals surface area contributed by atoms with Gasteiger partial charge in [-0.2, -0.15) is 0 Å². The maximum absolute atomic E-state index is 12.0. The molecule has 2 N–H and O–H groups in total. The zero-order valence-corrected chi connectivity index (χ0v) is 12.6. The van der Waals surface area contributed by atoms with Crippen molar-refractivity contribution in [3.05, 3.63) is 0 Å². The van der Waals surface area contributed by atoms with Crippen molar-refractivity contribution in [2.45, 2.75) is 33.1 Å². The van der Waals surface area contributed by atoms with Gasteiger partial charge < -0.3 is 15.3 Å². The minimum absolute atomic E-state index is 0.0119. The first kappa shape index (κ1) is 16.8. The minimum Gasteiger partial charge on any atom is -0.481 e. The number of amides is 2. The molecule has 0 aromatic carbocycles. The summed E-state index contributed by atoms with van der Waals surface area (Å²) in [4.78, 5) is 26.9. The van der Waals surface area contributed by atoms with E-state index in [1.165, 1.54) is 0 Å². The van der Waals surface area contributed by atoms with Crippen molar-refractivity contribution in [1.82, 2.24) is 15.1 Å². The molecule has 1 aliphatic rings. The van der Waals surface area contributed by atoms with Crippen LogP contribution in [-0.4, -0.2) is 66.2 Å². The Labute approximate surface area is 121 Å². The molecule has 1 heterocycles. The first-order valence-corrected chi connectivity index (χ1v) is 7.53. The standard InChI is InChI=1S/C14H27N3O3/c1-3-5-16-6-8-17(9-7-16)14(20)15-11-12(4-2)10-13(18)19/h12H,3-11H2,1-2H3,(H,15,20)(H,18,19). The van der Waals surface area contributed by atoms with E-state index in [9.17, 15) is 9.59 Å². The molecule has 2 amide bonds. The third-order valence-electron chi connectivity index (χ3n) is 3.78. The average Bonchev–Trinajstić information content (AvgIpc) is 2.44. The Morgan fingerprint density at radius 1 is 1.20 bits per heavy atom. The van der Waals surface area contributed by atoms with Crippen LogP contribution in [0.25, 0.3) is 0 Å². The Kier molecular flexibility index (Phi) is 7.36. The van der Waals surface area contributed by atoms with Gasteiger partial charge in [-0.1, -0.05) is 20.3 Å². The fraction of sp³-hybridized carbons (Fsp3) is 0.857. The van der Waals surface area contributed by atoms with E-state index in [4.69, 9.17) is 5.11 Å². The molecule has 1 atom stereocenters. The lowest BCUT2D eigenvalue weighted by Crippen LogP contribution is -2.52. The van der Waals surface area contributed by atoms with E-state index in [-0.39, 0.29) is 18.4 Å². The van der Waals surface area contributed by atoms with E-state index in [0.29, 0.717) is 6.54 Å². The number of hydrogen-bond donors (Lipinski definition) is 2. The highest BCUT2D eigenvalue weighted by Crippen LogP contribution is 2.07. The highest BCUT2D eigenvalue weighted by molar-refractivity contribution is 5.74. The highest BCUT2D eigenvalue weighted by Gasteiger charge is 2.21. The molecule has 1 saturated heterocycles. The van der Waals surface area contributed by atoms with Crippen LogP contribution in [0.5, 0.6) is 0 Å². The zero-order chi connectivity index (χ0) is 15.0. The summed E-state index contributed by atoms with van der Waals surface area (Å²) in [5, 5.41) is 11.6. The number of carboxylic acids is 1. The molecule has 1 unspecified atom stereocenters. The van der Waals surface area contributed by atoms with Crippen molar-refractivity contribution >= 4 is 12.0 Å². The Morgan fingerprint density at radius 3 is 2.35 bits per heavy atom. The summed E-state index contributed by atoms with van der Waals surface area (Å²) < 4.78 is 0. The van der Waals surface area contributed by atoms with Gasteiger partial charge >= 0.3 is 12.0 Å². The molecule has 0 aromatic rings. The van der Waals surface area contributed by atoms with Crippen molar-refractivity contribution < 1.29 is 14.7 Å². The van der Waals surface area contributed by atoms with E-state index in [1.54, 1.807) is 0 Å². The van der Waals surface area contributed by atoms with Crippen molar-refractivity contribution in [1.29, 1.82) is 0 Å². The van der Waals surface area contributed by atoms with Crippen molar-refractivity contribution in [2.24, 2.45) is 5.92 Å². The number of nitrogens with zero attached hydrogens (tertiary/aromatic N) is 2. The molecule has 1 fully saturated rings. The van der Waals surface area contributed by atoms with Gasteiger partial charge in [-0.15, -0.1) is 0 Å². The third kappa shape index (κ3) is 5.77. The Morgan fingerprint density at radius 2 is 1.85 bits per heavy atom. The Hall–Kier alpha value is -1.30. The highest BCUT2D eigenvalue weighted by atomic mass is 16.4. The van der Waals surface area contributed by atoms with Crippen LogP contribution in [0.15, 0.2) is 0 Å². The molecule has 0 radical (unpaired) electrons. The zero-order valence-electron chi connectivity index (χ0n) is 12.6. The summed E-state index contributed by atoms with van der Waals surface area (Å²) >= 11 is 0. The fourth-order valence-electron chi connectivity index (χ4n) is 2.44. The Bertz CT molecular complexity index is 315. The summed E-state index contributed by atoms with van der Waals surface area (Å²) in [5.41, 5.74) is 0. The second-order valence-corrected chi connectivity index (χ2v) is 5.39. The van der Waals surface area contributed by atoms with Gasteiger partial charge in [-0.05, 0) is 18.9 Å². The second kappa shape index (κ2) is 8.79. The maximum atomic E-state index is 12.0. The lowest BCUT2D eigenvalue weighted by molar-refractivity contribution is -0.138. The van der Waals surface area contributed by atoms with Crippen molar-refractivity contribution in [2.75, 3.05) is 39.3 Å². The molecule has 0 spiro atoms. The van der Waals surface area contributed by atoms with Crippen LogP contribution in [0.1, 0.15) is 33.1 Å². The SMILES string of the molecule is CCCN1CCN(C(=O)NCC(CC)CC(=O)O)CC1. The van der Waals surface area contributed by atoms with Gasteiger partial charge in [0.1, 0.15) is 0 Å². The van der Waals surface area contributed by atoms with Gasteiger partial charge in [-0.3, -0.25) is 9.69 Å². The molecule has 6 heteroatoms. The molecule has 20 heavy (non-hydrogen) atoms. The number of aliphatic carboxylic acids is 1. The van der Waals surface area contributed by atoms with Gasteiger partial charge in [0, 0.05) is 39.1 Å². The number of carboxylic acid groups (broad SMARTS) is 1. The first-order chi connectivity index (χ1) is 9.56. The molecule has 116 valence electrons. The third-order valence-corrected chi connectivity index (χ3v) is 3.78. The fourth-order valence-corrected chi connectivity index (χ4v) is 2.44. The molecular formula is C14H27N3O3. The maximum Gasteiger partial charge on any atom is 0.317 e. The topological polar surface area (TPSA) is 72.9 Å². The summed E-state index contributed by atoms with van der Waals surface area (Å²) in [6.07, 6.45) is 2.01. The summed E-state index contributed by atoms with van der Waals surface area (Å²) in [6, 6.07) is -0.0648. The number of carbonyl (C=O) groups excluding carboxylic acids is 1. The van der Waals surface area contributed by atoms with E-state index in [2.05, 4.69) is 17.1 Å². The van der Waals surface area contributed by atoms with E-state index >= 15 is 0 Å². The van der Waals surface area contributed by atoms with Crippen molar-refractivity contribution in [3.63, 3.8) is 0 Å². The lowest BCUT2D eigenvalue weighted by atomic mass is 10.0. The van der Waals surface area contributed by atoms with Gasteiger partial charge in [0.2, 0.25) is 0 Å². The van der Waals surface area contributed by atoms with Gasteiger partial charge in [0.05, 0.1) is 0 Å². The predicted octanol–water partition coefficient (Wildman–Crippen LogP) is 1.22. The van der Waals surface area contributed by atoms with Crippen LogP contribution >= 0.6 is 0 Å². The quantitative estimate of drug-likeness (QED) is 0.738. The molecular weight excluding hydrogens is 258 g/mol. The van der Waals surface area contributed by atoms with Crippen LogP contribution in [0.2, 0.25) is 0 Å². The molecule has 0 aliphatic carbocycles. The average molecular weight is 285 g/mol. The number of urea groups is 1. The van der Waals surface area contributed by atoms with E-state index in [1.807, 2.05) is 11.8 Å². The number of hydrogen-bond acceptors (Lipinski definition) is 3. The number of rotatable bonds is 7. The normalized spacial score (nSPS) is 17.8. The molecule has 6 nitrogen and oxygen atoms in total. The van der Waals surface area contributed by atoms with E-state index in [0.717, 1.165) is 45.6 Å². The number of piperazine rings is 1. The van der Waals surface area contributed by atoms with Crippen LogP contribution in [0, 0.1) is 5.92 Å². The van der Waals surface area contributed by atoms with Crippen LogP contribution in [-0.2, 0) is 4.79 Å². The summed E-state index contributed by atoms with van der Waals surface area (Å²) in [6.45, 7) is 8.99. The van der Waals surface area contributed by atoms with Gasteiger partial charge in [0.25, 0.3) is 0 Å². The Balaban J connectivity index is 2.27. The van der Waals surface area contributed by atoms with Crippen LogP contribution < -0.4 is 5.32 Å². The smallest absolute Gasteiger partial charge is 0.317 e. The second-order valence-electron chi connectivity index (χ2n) is 5.39. The minimum atomic E-state index is -0.806. The summed E-state index contributed by atoms with van der Waals surface area (Å²) in [7, 11) is 0. The predicted molar refractivity (Wildman–Crippen MR) is 77.7 cm³/mol. The van der Waals surface area contributed by atoms with E-state index < -0.39 is 5.97 Å². The first-order valence-electron chi connectivity index (χ1n) is 7.53. The molecule has 0 saturated carbocycles. The number of nitrogens with one attached hydrogen (secondary N) is 1.